The summed E-state index contributed by atoms with van der Waals surface area (Å²) in [5, 5.41) is 2.88. The Hall–Kier alpha value is -3.41. The molecule has 0 saturated heterocycles. The van der Waals surface area contributed by atoms with E-state index in [4.69, 9.17) is 4.74 Å². The highest BCUT2D eigenvalue weighted by Gasteiger charge is 2.12. The van der Waals surface area contributed by atoms with Crippen molar-refractivity contribution in [3.05, 3.63) is 83.7 Å². The molecule has 3 aromatic rings. The fourth-order valence-corrected chi connectivity index (χ4v) is 2.86. The average molecular weight is 376 g/mol. The average Bonchev–Trinajstić information content (AvgIpc) is 2.77. The van der Waals surface area contributed by atoms with Crippen molar-refractivity contribution in [2.75, 3.05) is 18.6 Å². The van der Waals surface area contributed by atoms with Crippen LogP contribution in [0.3, 0.4) is 0 Å². The van der Waals surface area contributed by atoms with Crippen molar-refractivity contribution >= 4 is 11.9 Å². The maximum Gasteiger partial charge on any atom is 0.254 e. The summed E-state index contributed by atoms with van der Waals surface area (Å²) in [5.74, 6) is 1.13. The summed E-state index contributed by atoms with van der Waals surface area (Å²) in [6.07, 6.45) is 3.13. The number of aromatic nitrogens is 2. The lowest BCUT2D eigenvalue weighted by atomic mass is 10.2. The van der Waals surface area contributed by atoms with E-state index in [9.17, 15) is 4.79 Å². The minimum atomic E-state index is -0.219. The van der Waals surface area contributed by atoms with Crippen LogP contribution >= 0.6 is 0 Å². The van der Waals surface area contributed by atoms with Crippen LogP contribution in [-0.4, -0.2) is 29.5 Å². The van der Waals surface area contributed by atoms with Gasteiger partial charge in [-0.2, -0.15) is 0 Å². The van der Waals surface area contributed by atoms with E-state index in [1.54, 1.807) is 19.5 Å². The summed E-state index contributed by atoms with van der Waals surface area (Å²) in [6.45, 7) is 3.92. The summed E-state index contributed by atoms with van der Waals surface area (Å²) >= 11 is 0. The summed E-state index contributed by atoms with van der Waals surface area (Å²) in [5.41, 5.74) is 2.52. The van der Waals surface area contributed by atoms with E-state index in [0.717, 1.165) is 24.4 Å². The van der Waals surface area contributed by atoms with Gasteiger partial charge in [0, 0.05) is 37.6 Å². The van der Waals surface area contributed by atoms with Gasteiger partial charge in [-0.25, -0.2) is 9.97 Å². The number of anilines is 1. The van der Waals surface area contributed by atoms with Crippen LogP contribution in [0, 0.1) is 0 Å². The molecule has 1 N–H and O–H groups in total. The van der Waals surface area contributed by atoms with Crippen molar-refractivity contribution < 1.29 is 9.53 Å². The zero-order chi connectivity index (χ0) is 19.8. The number of methoxy groups -OCH3 is 1. The van der Waals surface area contributed by atoms with Gasteiger partial charge in [-0.1, -0.05) is 48.5 Å². The third kappa shape index (κ3) is 4.85. The first-order chi connectivity index (χ1) is 13.7. The van der Waals surface area contributed by atoms with E-state index in [1.165, 1.54) is 5.56 Å². The standard InChI is InChI=1S/C22H24N4O2/c1-3-26(16-17-9-5-4-6-10-17)22-24-14-19(15-25-22)21(27)23-13-18-11-7-8-12-20(18)28-2/h4-12,14-15H,3,13,16H2,1-2H3,(H,23,27). The smallest absolute Gasteiger partial charge is 0.254 e. The van der Waals surface area contributed by atoms with Crippen LogP contribution in [-0.2, 0) is 13.1 Å². The molecular weight excluding hydrogens is 352 g/mol. The van der Waals surface area contributed by atoms with Gasteiger partial charge in [-0.05, 0) is 18.6 Å². The number of ether oxygens (including phenoxy) is 1. The van der Waals surface area contributed by atoms with Crippen molar-refractivity contribution in [2.45, 2.75) is 20.0 Å². The molecule has 6 nitrogen and oxygen atoms in total. The first-order valence-electron chi connectivity index (χ1n) is 9.22. The van der Waals surface area contributed by atoms with E-state index in [0.29, 0.717) is 18.1 Å². The van der Waals surface area contributed by atoms with Crippen LogP contribution in [0.15, 0.2) is 67.0 Å². The highest BCUT2D eigenvalue weighted by atomic mass is 16.5. The van der Waals surface area contributed by atoms with Gasteiger partial charge < -0.3 is 15.0 Å². The van der Waals surface area contributed by atoms with Gasteiger partial charge >= 0.3 is 0 Å². The molecule has 0 bridgehead atoms. The van der Waals surface area contributed by atoms with Gasteiger partial charge in [-0.15, -0.1) is 0 Å². The molecule has 6 heteroatoms. The Morgan fingerprint density at radius 1 is 1.04 bits per heavy atom. The van der Waals surface area contributed by atoms with Crippen LogP contribution in [0.1, 0.15) is 28.4 Å². The first kappa shape index (κ1) is 19.4. The maximum atomic E-state index is 12.4. The molecule has 0 atom stereocenters. The molecule has 0 radical (unpaired) electrons. The van der Waals surface area contributed by atoms with E-state index >= 15 is 0 Å². The third-order valence-electron chi connectivity index (χ3n) is 4.41. The number of nitrogens with one attached hydrogen (secondary N) is 1. The minimum Gasteiger partial charge on any atom is -0.496 e. The molecule has 0 fully saturated rings. The van der Waals surface area contributed by atoms with E-state index < -0.39 is 0 Å². The van der Waals surface area contributed by atoms with Gasteiger partial charge in [0.2, 0.25) is 5.95 Å². The van der Waals surface area contributed by atoms with Gasteiger partial charge in [0.1, 0.15) is 5.75 Å². The largest absolute Gasteiger partial charge is 0.496 e. The number of benzene rings is 2. The van der Waals surface area contributed by atoms with Gasteiger partial charge in [0.15, 0.2) is 0 Å². The number of para-hydroxylation sites is 1. The van der Waals surface area contributed by atoms with Crippen molar-refractivity contribution in [3.63, 3.8) is 0 Å². The molecule has 2 aromatic carbocycles. The molecule has 144 valence electrons. The molecule has 28 heavy (non-hydrogen) atoms. The zero-order valence-corrected chi connectivity index (χ0v) is 16.1. The number of amides is 1. The molecule has 1 aromatic heterocycles. The SMILES string of the molecule is CCN(Cc1ccccc1)c1ncc(C(=O)NCc2ccccc2OC)cn1. The highest BCUT2D eigenvalue weighted by Crippen LogP contribution is 2.17. The van der Waals surface area contributed by atoms with Crippen LogP contribution < -0.4 is 15.0 Å². The van der Waals surface area contributed by atoms with E-state index in [1.807, 2.05) is 42.5 Å². The predicted octanol–water partition coefficient (Wildman–Crippen LogP) is 3.44. The van der Waals surface area contributed by atoms with Crippen molar-refractivity contribution in [1.82, 2.24) is 15.3 Å². The molecule has 1 amide bonds. The van der Waals surface area contributed by atoms with Gasteiger partial charge in [0.05, 0.1) is 12.7 Å². The Balaban J connectivity index is 1.63. The molecule has 0 aliphatic heterocycles. The number of hydrogen-bond donors (Lipinski definition) is 1. The number of carbonyl (C=O) groups excluding carboxylic acids is 1. The summed E-state index contributed by atoms with van der Waals surface area (Å²) < 4.78 is 5.31. The number of hydrogen-bond acceptors (Lipinski definition) is 5. The quantitative estimate of drug-likeness (QED) is 0.652. The number of nitrogens with zero attached hydrogens (tertiary/aromatic N) is 3. The molecule has 0 unspecified atom stereocenters. The second kappa shape index (κ2) is 9.50. The topological polar surface area (TPSA) is 67.4 Å². The summed E-state index contributed by atoms with van der Waals surface area (Å²) in [7, 11) is 1.61. The lowest BCUT2D eigenvalue weighted by Crippen LogP contribution is -2.26. The number of carbonyl (C=O) groups is 1. The van der Waals surface area contributed by atoms with Crippen molar-refractivity contribution in [2.24, 2.45) is 0 Å². The van der Waals surface area contributed by atoms with Gasteiger partial charge in [0.25, 0.3) is 5.91 Å². The maximum absolute atomic E-state index is 12.4. The van der Waals surface area contributed by atoms with Crippen molar-refractivity contribution in [3.8, 4) is 5.75 Å². The molecule has 0 saturated carbocycles. The van der Waals surface area contributed by atoms with E-state index in [-0.39, 0.29) is 5.91 Å². The molecule has 0 aliphatic rings. The monoisotopic (exact) mass is 376 g/mol. The third-order valence-corrected chi connectivity index (χ3v) is 4.41. The minimum absolute atomic E-state index is 0.219. The highest BCUT2D eigenvalue weighted by molar-refractivity contribution is 5.93. The Morgan fingerprint density at radius 3 is 2.39 bits per heavy atom. The first-order valence-corrected chi connectivity index (χ1v) is 9.22. The Morgan fingerprint density at radius 2 is 1.71 bits per heavy atom. The predicted molar refractivity (Wildman–Crippen MR) is 109 cm³/mol. The molecule has 0 aliphatic carbocycles. The van der Waals surface area contributed by atoms with Crippen molar-refractivity contribution in [1.29, 1.82) is 0 Å². The summed E-state index contributed by atoms with van der Waals surface area (Å²) in [6, 6.07) is 17.8. The van der Waals surface area contributed by atoms with Crippen LogP contribution in [0.4, 0.5) is 5.95 Å². The molecular formula is C22H24N4O2. The Bertz CT molecular complexity index is 898. The molecule has 3 rings (SSSR count). The molecule has 1 heterocycles. The normalized spacial score (nSPS) is 10.4. The lowest BCUT2D eigenvalue weighted by Gasteiger charge is -2.20. The Labute approximate surface area is 165 Å². The summed E-state index contributed by atoms with van der Waals surface area (Å²) in [4.78, 5) is 23.2. The van der Waals surface area contributed by atoms with Crippen LogP contribution in [0.25, 0.3) is 0 Å². The van der Waals surface area contributed by atoms with Gasteiger partial charge in [-0.3, -0.25) is 4.79 Å². The second-order valence-corrected chi connectivity index (χ2v) is 6.27. The Kier molecular flexibility index (Phi) is 6.57. The lowest BCUT2D eigenvalue weighted by molar-refractivity contribution is 0.0950. The van der Waals surface area contributed by atoms with Crippen LogP contribution in [0.2, 0.25) is 0 Å². The fourth-order valence-electron chi connectivity index (χ4n) is 2.86. The van der Waals surface area contributed by atoms with E-state index in [2.05, 4.69) is 39.2 Å². The zero-order valence-electron chi connectivity index (χ0n) is 16.1. The van der Waals surface area contributed by atoms with Crippen LogP contribution in [0.5, 0.6) is 5.75 Å². The number of rotatable bonds is 8. The molecule has 0 spiro atoms. The second-order valence-electron chi connectivity index (χ2n) is 6.27. The fraction of sp³-hybridized carbons (Fsp3) is 0.227.